The lowest BCUT2D eigenvalue weighted by Crippen LogP contribution is -2.28. The van der Waals surface area contributed by atoms with Gasteiger partial charge in [-0.05, 0) is 31.2 Å². The molecule has 0 aliphatic carbocycles. The Morgan fingerprint density at radius 3 is 2.84 bits per heavy atom. The second-order valence-corrected chi connectivity index (χ2v) is 4.15. The molecule has 0 aliphatic rings. The van der Waals surface area contributed by atoms with Gasteiger partial charge in [0.2, 0.25) is 0 Å². The van der Waals surface area contributed by atoms with Gasteiger partial charge >= 0.3 is 5.97 Å². The number of esters is 1. The van der Waals surface area contributed by atoms with Crippen molar-refractivity contribution in [3.63, 3.8) is 0 Å². The van der Waals surface area contributed by atoms with E-state index in [1.807, 2.05) is 35.0 Å². The summed E-state index contributed by atoms with van der Waals surface area (Å²) in [7, 11) is 1.62. The fraction of sp³-hybridized carbons (Fsp3) is 0.357. The minimum Gasteiger partial charge on any atom is -0.497 e. The van der Waals surface area contributed by atoms with Crippen molar-refractivity contribution in [2.24, 2.45) is 5.73 Å². The third kappa shape index (κ3) is 2.56. The van der Waals surface area contributed by atoms with Gasteiger partial charge in [0.1, 0.15) is 11.8 Å². The Labute approximate surface area is 111 Å². The molecule has 1 aromatic heterocycles. The highest BCUT2D eigenvalue weighted by molar-refractivity contribution is 5.84. The second kappa shape index (κ2) is 5.75. The average Bonchev–Trinajstić information content (AvgIpc) is 2.83. The number of hydrogen-bond donors (Lipinski definition) is 1. The van der Waals surface area contributed by atoms with Crippen LogP contribution < -0.4 is 10.5 Å². The van der Waals surface area contributed by atoms with Crippen molar-refractivity contribution in [3.8, 4) is 5.75 Å². The average molecular weight is 262 g/mol. The van der Waals surface area contributed by atoms with Crippen LogP contribution in [0, 0.1) is 0 Å². The van der Waals surface area contributed by atoms with Gasteiger partial charge in [0.05, 0.1) is 13.7 Å². The van der Waals surface area contributed by atoms with E-state index >= 15 is 0 Å². The standard InChI is InChI=1S/C14H18N2O3/c1-3-19-14(17)13(9-15)16-7-6-10-8-11(18-2)4-5-12(10)16/h4-8,13H,3,9,15H2,1-2H3. The number of nitrogens with zero attached hydrogens (tertiary/aromatic N) is 1. The SMILES string of the molecule is CCOC(=O)C(CN)n1ccc2cc(OC)ccc21. The van der Waals surface area contributed by atoms with Crippen LogP contribution in [-0.2, 0) is 9.53 Å². The van der Waals surface area contributed by atoms with Gasteiger partial charge in [-0.15, -0.1) is 0 Å². The van der Waals surface area contributed by atoms with Crippen LogP contribution in [0.15, 0.2) is 30.5 Å². The molecule has 0 saturated heterocycles. The molecule has 2 aromatic rings. The molecule has 0 aliphatic heterocycles. The van der Waals surface area contributed by atoms with Gasteiger partial charge in [0, 0.05) is 23.6 Å². The van der Waals surface area contributed by atoms with E-state index < -0.39 is 6.04 Å². The van der Waals surface area contributed by atoms with Gasteiger partial charge < -0.3 is 19.8 Å². The summed E-state index contributed by atoms with van der Waals surface area (Å²) in [5.41, 5.74) is 6.63. The molecule has 0 spiro atoms. The predicted octanol–water partition coefficient (Wildman–Crippen LogP) is 1.71. The largest absolute Gasteiger partial charge is 0.497 e. The van der Waals surface area contributed by atoms with Crippen LogP contribution in [-0.4, -0.2) is 30.8 Å². The fourth-order valence-corrected chi connectivity index (χ4v) is 2.10. The number of carbonyl (C=O) groups excluding carboxylic acids is 1. The molecule has 1 unspecified atom stereocenters. The number of ether oxygens (including phenoxy) is 2. The van der Waals surface area contributed by atoms with Crippen molar-refractivity contribution in [2.45, 2.75) is 13.0 Å². The Hall–Kier alpha value is -2.01. The van der Waals surface area contributed by atoms with E-state index in [0.29, 0.717) is 6.61 Å². The van der Waals surface area contributed by atoms with Crippen molar-refractivity contribution >= 4 is 16.9 Å². The van der Waals surface area contributed by atoms with Crippen molar-refractivity contribution in [1.29, 1.82) is 0 Å². The summed E-state index contributed by atoms with van der Waals surface area (Å²) in [6.07, 6.45) is 1.85. The van der Waals surface area contributed by atoms with E-state index in [4.69, 9.17) is 15.2 Å². The molecule has 5 nitrogen and oxygen atoms in total. The number of methoxy groups -OCH3 is 1. The Bertz CT molecular complexity index is 577. The van der Waals surface area contributed by atoms with Gasteiger partial charge in [0.15, 0.2) is 0 Å². The summed E-state index contributed by atoms with van der Waals surface area (Å²) in [4.78, 5) is 11.9. The van der Waals surface area contributed by atoms with Gasteiger partial charge in [-0.25, -0.2) is 4.79 Å². The monoisotopic (exact) mass is 262 g/mol. The van der Waals surface area contributed by atoms with Crippen LogP contribution in [0.4, 0.5) is 0 Å². The molecule has 0 fully saturated rings. The Morgan fingerprint density at radius 1 is 1.42 bits per heavy atom. The highest BCUT2D eigenvalue weighted by Crippen LogP contribution is 2.24. The van der Waals surface area contributed by atoms with Crippen molar-refractivity contribution in [3.05, 3.63) is 30.5 Å². The van der Waals surface area contributed by atoms with E-state index in [0.717, 1.165) is 16.7 Å². The highest BCUT2D eigenvalue weighted by Gasteiger charge is 2.21. The molecule has 1 atom stereocenters. The molecule has 1 heterocycles. The van der Waals surface area contributed by atoms with Crippen LogP contribution in [0.5, 0.6) is 5.75 Å². The van der Waals surface area contributed by atoms with E-state index in [1.165, 1.54) is 0 Å². The smallest absolute Gasteiger partial charge is 0.330 e. The van der Waals surface area contributed by atoms with Crippen LogP contribution in [0.2, 0.25) is 0 Å². The molecule has 2 N–H and O–H groups in total. The van der Waals surface area contributed by atoms with E-state index in [1.54, 1.807) is 14.0 Å². The number of nitrogens with two attached hydrogens (primary N) is 1. The third-order valence-electron chi connectivity index (χ3n) is 3.05. The first-order valence-electron chi connectivity index (χ1n) is 6.22. The Morgan fingerprint density at radius 2 is 2.21 bits per heavy atom. The lowest BCUT2D eigenvalue weighted by Gasteiger charge is -2.16. The third-order valence-corrected chi connectivity index (χ3v) is 3.05. The van der Waals surface area contributed by atoms with Crippen LogP contribution in [0.25, 0.3) is 10.9 Å². The van der Waals surface area contributed by atoms with Crippen molar-refractivity contribution in [1.82, 2.24) is 4.57 Å². The summed E-state index contributed by atoms with van der Waals surface area (Å²) in [5, 5.41) is 1.00. The molecule has 102 valence electrons. The molecular formula is C14H18N2O3. The van der Waals surface area contributed by atoms with Crippen LogP contribution >= 0.6 is 0 Å². The van der Waals surface area contributed by atoms with E-state index in [9.17, 15) is 4.79 Å². The number of rotatable bonds is 5. The van der Waals surface area contributed by atoms with Gasteiger partial charge in [-0.2, -0.15) is 0 Å². The molecule has 0 bridgehead atoms. The zero-order valence-corrected chi connectivity index (χ0v) is 11.1. The molecule has 0 amide bonds. The van der Waals surface area contributed by atoms with Gasteiger partial charge in [0.25, 0.3) is 0 Å². The fourth-order valence-electron chi connectivity index (χ4n) is 2.10. The first kappa shape index (κ1) is 13.4. The number of hydrogen-bond acceptors (Lipinski definition) is 4. The lowest BCUT2D eigenvalue weighted by molar-refractivity contribution is -0.146. The summed E-state index contributed by atoms with van der Waals surface area (Å²) in [6, 6.07) is 7.13. The lowest BCUT2D eigenvalue weighted by atomic mass is 10.2. The molecule has 0 saturated carbocycles. The predicted molar refractivity (Wildman–Crippen MR) is 73.2 cm³/mol. The summed E-state index contributed by atoms with van der Waals surface area (Å²) in [6.45, 7) is 2.33. The molecule has 1 aromatic carbocycles. The zero-order valence-electron chi connectivity index (χ0n) is 11.1. The van der Waals surface area contributed by atoms with Gasteiger partial charge in [-0.1, -0.05) is 0 Å². The maximum Gasteiger partial charge on any atom is 0.330 e. The van der Waals surface area contributed by atoms with Crippen LogP contribution in [0.3, 0.4) is 0 Å². The summed E-state index contributed by atoms with van der Waals surface area (Å²) < 4.78 is 12.1. The molecule has 5 heteroatoms. The minimum atomic E-state index is -0.495. The van der Waals surface area contributed by atoms with Crippen molar-refractivity contribution in [2.75, 3.05) is 20.3 Å². The minimum absolute atomic E-state index is 0.203. The Balaban J connectivity index is 2.41. The molecule has 2 rings (SSSR count). The summed E-state index contributed by atoms with van der Waals surface area (Å²) >= 11 is 0. The topological polar surface area (TPSA) is 66.5 Å². The number of aromatic nitrogens is 1. The molecule has 0 radical (unpaired) electrons. The van der Waals surface area contributed by atoms with E-state index in [-0.39, 0.29) is 12.5 Å². The van der Waals surface area contributed by atoms with Crippen LogP contribution in [0.1, 0.15) is 13.0 Å². The Kier molecular flexibility index (Phi) is 4.06. The number of carbonyl (C=O) groups is 1. The quantitative estimate of drug-likeness (QED) is 0.833. The molecule has 19 heavy (non-hydrogen) atoms. The maximum absolute atomic E-state index is 11.9. The number of benzene rings is 1. The molecular weight excluding hydrogens is 244 g/mol. The van der Waals surface area contributed by atoms with Gasteiger partial charge in [-0.3, -0.25) is 0 Å². The maximum atomic E-state index is 11.9. The van der Waals surface area contributed by atoms with Crippen molar-refractivity contribution < 1.29 is 14.3 Å². The van der Waals surface area contributed by atoms with E-state index in [2.05, 4.69) is 0 Å². The number of fused-ring (bicyclic) bond motifs is 1. The second-order valence-electron chi connectivity index (χ2n) is 4.15. The summed E-state index contributed by atoms with van der Waals surface area (Å²) in [5.74, 6) is 0.476. The highest BCUT2D eigenvalue weighted by atomic mass is 16.5. The first-order chi connectivity index (χ1) is 9.21. The first-order valence-corrected chi connectivity index (χ1v) is 6.22. The normalized spacial score (nSPS) is 12.4. The zero-order chi connectivity index (χ0) is 13.8.